The minimum absolute atomic E-state index is 0.0607. The lowest BCUT2D eigenvalue weighted by Crippen LogP contribution is -2.36. The van der Waals surface area contributed by atoms with Crippen LogP contribution in [0.4, 0.5) is 0 Å². The fourth-order valence-corrected chi connectivity index (χ4v) is 2.37. The Kier molecular flexibility index (Phi) is 3.99. The molecule has 0 spiro atoms. The first-order valence-corrected chi connectivity index (χ1v) is 6.39. The lowest BCUT2D eigenvalue weighted by molar-refractivity contribution is -0.138. The summed E-state index contributed by atoms with van der Waals surface area (Å²) < 4.78 is 0. The molecule has 2 N–H and O–H groups in total. The molecule has 0 aromatic rings. The van der Waals surface area contributed by atoms with E-state index in [1.807, 2.05) is 0 Å². The quantitative estimate of drug-likeness (QED) is 0.707. The van der Waals surface area contributed by atoms with Crippen LogP contribution in [-0.4, -0.2) is 47.6 Å². The molecule has 1 saturated heterocycles. The van der Waals surface area contributed by atoms with Crippen LogP contribution in [0.2, 0.25) is 0 Å². The number of nitrogens with zero attached hydrogens (tertiary/aromatic N) is 1. The van der Waals surface area contributed by atoms with Gasteiger partial charge in [-0.25, -0.2) is 0 Å². The third kappa shape index (κ3) is 3.70. The second-order valence-corrected chi connectivity index (χ2v) is 5.02. The van der Waals surface area contributed by atoms with E-state index in [0.29, 0.717) is 24.9 Å². The van der Waals surface area contributed by atoms with Gasteiger partial charge in [-0.15, -0.1) is 0 Å². The lowest BCUT2D eigenvalue weighted by Gasteiger charge is -2.23. The number of hydrogen-bond acceptors (Lipinski definition) is 3. The Labute approximate surface area is 101 Å². The maximum atomic E-state index is 12.1. The van der Waals surface area contributed by atoms with Crippen molar-refractivity contribution in [1.82, 2.24) is 10.2 Å². The lowest BCUT2D eigenvalue weighted by atomic mass is 10.0. The Bertz CT molecular complexity index is 296. The van der Waals surface area contributed by atoms with Gasteiger partial charge < -0.3 is 15.3 Å². The molecule has 2 fully saturated rings. The molecule has 1 heterocycles. The molecule has 5 heteroatoms. The number of carboxylic acid groups (broad SMARTS) is 1. The van der Waals surface area contributed by atoms with E-state index < -0.39 is 5.97 Å². The highest BCUT2D eigenvalue weighted by Gasteiger charge is 2.33. The Morgan fingerprint density at radius 2 is 2.06 bits per heavy atom. The highest BCUT2D eigenvalue weighted by atomic mass is 16.4. The van der Waals surface area contributed by atoms with Gasteiger partial charge >= 0.3 is 5.97 Å². The molecule has 1 saturated carbocycles. The van der Waals surface area contributed by atoms with E-state index in [-0.39, 0.29) is 12.3 Å². The van der Waals surface area contributed by atoms with Crippen LogP contribution in [0.1, 0.15) is 32.1 Å². The van der Waals surface area contributed by atoms with Crippen molar-refractivity contribution in [3.05, 3.63) is 0 Å². The van der Waals surface area contributed by atoms with E-state index in [0.717, 1.165) is 32.4 Å². The van der Waals surface area contributed by atoms with Gasteiger partial charge in [0.25, 0.3) is 0 Å². The third-order valence-electron chi connectivity index (χ3n) is 3.50. The standard InChI is InChI=1S/C12H20N2O3/c15-11(7-9-3-5-13-8-9)14(10-1-2-10)6-4-12(16)17/h9-10,13H,1-8H2,(H,16,17). The normalized spacial score (nSPS) is 23.6. The molecule has 0 aromatic carbocycles. The van der Waals surface area contributed by atoms with Crippen LogP contribution in [0.15, 0.2) is 0 Å². The second kappa shape index (κ2) is 5.49. The topological polar surface area (TPSA) is 69.6 Å². The fraction of sp³-hybridized carbons (Fsp3) is 0.833. The number of aliphatic carboxylic acids is 1. The largest absolute Gasteiger partial charge is 0.481 e. The van der Waals surface area contributed by atoms with Crippen molar-refractivity contribution in [2.24, 2.45) is 5.92 Å². The van der Waals surface area contributed by atoms with Crippen molar-refractivity contribution in [2.75, 3.05) is 19.6 Å². The van der Waals surface area contributed by atoms with Crippen LogP contribution in [0.25, 0.3) is 0 Å². The summed E-state index contributed by atoms with van der Waals surface area (Å²) in [4.78, 5) is 24.4. The van der Waals surface area contributed by atoms with Gasteiger partial charge in [-0.1, -0.05) is 0 Å². The summed E-state index contributed by atoms with van der Waals surface area (Å²) in [5, 5.41) is 11.9. The molecule has 1 aliphatic heterocycles. The van der Waals surface area contributed by atoms with Crippen molar-refractivity contribution < 1.29 is 14.7 Å². The van der Waals surface area contributed by atoms with Gasteiger partial charge in [0.15, 0.2) is 0 Å². The van der Waals surface area contributed by atoms with Gasteiger partial charge in [-0.2, -0.15) is 0 Å². The molecule has 2 aliphatic rings. The van der Waals surface area contributed by atoms with Gasteiger partial charge in [0.2, 0.25) is 5.91 Å². The average molecular weight is 240 g/mol. The minimum Gasteiger partial charge on any atom is -0.481 e. The first-order valence-electron chi connectivity index (χ1n) is 6.39. The van der Waals surface area contributed by atoms with E-state index in [2.05, 4.69) is 5.32 Å². The molecule has 0 bridgehead atoms. The molecule has 1 unspecified atom stereocenters. The zero-order valence-corrected chi connectivity index (χ0v) is 10.0. The molecule has 2 rings (SSSR count). The van der Waals surface area contributed by atoms with Crippen molar-refractivity contribution in [3.8, 4) is 0 Å². The number of carbonyl (C=O) groups excluding carboxylic acids is 1. The zero-order valence-electron chi connectivity index (χ0n) is 10.0. The minimum atomic E-state index is -0.828. The molecule has 1 aliphatic carbocycles. The monoisotopic (exact) mass is 240 g/mol. The Morgan fingerprint density at radius 1 is 1.29 bits per heavy atom. The van der Waals surface area contributed by atoms with Crippen LogP contribution in [0.5, 0.6) is 0 Å². The Morgan fingerprint density at radius 3 is 2.59 bits per heavy atom. The molecule has 96 valence electrons. The predicted molar refractivity (Wildman–Crippen MR) is 62.6 cm³/mol. The van der Waals surface area contributed by atoms with Crippen LogP contribution in [-0.2, 0) is 9.59 Å². The smallest absolute Gasteiger partial charge is 0.305 e. The second-order valence-electron chi connectivity index (χ2n) is 5.02. The first-order chi connectivity index (χ1) is 8.16. The van der Waals surface area contributed by atoms with Gasteiger partial charge in [0.05, 0.1) is 6.42 Å². The maximum Gasteiger partial charge on any atom is 0.305 e. The molecule has 0 radical (unpaired) electrons. The van der Waals surface area contributed by atoms with Gasteiger partial charge in [-0.05, 0) is 38.3 Å². The molecule has 0 aromatic heterocycles. The molecular formula is C12H20N2O3. The summed E-state index contributed by atoms with van der Waals surface area (Å²) in [6.45, 7) is 2.29. The zero-order chi connectivity index (χ0) is 12.3. The summed E-state index contributed by atoms with van der Waals surface area (Å²) in [5.41, 5.74) is 0. The highest BCUT2D eigenvalue weighted by Crippen LogP contribution is 2.28. The number of amides is 1. The Balaban J connectivity index is 1.81. The van der Waals surface area contributed by atoms with Crippen molar-refractivity contribution in [3.63, 3.8) is 0 Å². The first kappa shape index (κ1) is 12.4. The summed E-state index contributed by atoms with van der Waals surface area (Å²) in [6, 6.07) is 0.316. The average Bonchev–Trinajstić information content (AvgIpc) is 2.97. The number of rotatable bonds is 6. The Hall–Kier alpha value is -1.10. The molecule has 1 amide bonds. The van der Waals surface area contributed by atoms with E-state index in [1.54, 1.807) is 4.90 Å². The number of carboxylic acids is 1. The van der Waals surface area contributed by atoms with Gasteiger partial charge in [0, 0.05) is 19.0 Å². The van der Waals surface area contributed by atoms with Crippen molar-refractivity contribution in [2.45, 2.75) is 38.1 Å². The van der Waals surface area contributed by atoms with Crippen molar-refractivity contribution >= 4 is 11.9 Å². The van der Waals surface area contributed by atoms with E-state index in [1.165, 1.54) is 0 Å². The SMILES string of the molecule is O=C(O)CCN(C(=O)CC1CCNC1)C1CC1. The third-order valence-corrected chi connectivity index (χ3v) is 3.50. The van der Waals surface area contributed by atoms with Gasteiger partial charge in [-0.3, -0.25) is 9.59 Å². The number of carbonyl (C=O) groups is 2. The fourth-order valence-electron chi connectivity index (χ4n) is 2.37. The van der Waals surface area contributed by atoms with Crippen LogP contribution < -0.4 is 5.32 Å². The predicted octanol–water partition coefficient (Wildman–Crippen LogP) is 0.452. The molecular weight excluding hydrogens is 220 g/mol. The number of hydrogen-bond donors (Lipinski definition) is 2. The molecule has 1 atom stereocenters. The van der Waals surface area contributed by atoms with E-state index >= 15 is 0 Å². The van der Waals surface area contributed by atoms with E-state index in [4.69, 9.17) is 5.11 Å². The number of nitrogens with one attached hydrogen (secondary N) is 1. The van der Waals surface area contributed by atoms with Crippen LogP contribution in [0, 0.1) is 5.92 Å². The van der Waals surface area contributed by atoms with Crippen molar-refractivity contribution in [1.29, 1.82) is 0 Å². The van der Waals surface area contributed by atoms with E-state index in [9.17, 15) is 9.59 Å². The molecule has 5 nitrogen and oxygen atoms in total. The summed E-state index contributed by atoms with van der Waals surface area (Å²) >= 11 is 0. The van der Waals surface area contributed by atoms with Crippen LogP contribution >= 0.6 is 0 Å². The highest BCUT2D eigenvalue weighted by molar-refractivity contribution is 5.78. The summed E-state index contributed by atoms with van der Waals surface area (Å²) in [7, 11) is 0. The van der Waals surface area contributed by atoms with Crippen LogP contribution in [0.3, 0.4) is 0 Å². The maximum absolute atomic E-state index is 12.1. The summed E-state index contributed by atoms with van der Waals surface area (Å²) in [6.07, 6.45) is 3.76. The van der Waals surface area contributed by atoms with Gasteiger partial charge in [0.1, 0.15) is 0 Å². The molecule has 17 heavy (non-hydrogen) atoms. The summed E-state index contributed by atoms with van der Waals surface area (Å²) in [5.74, 6) is -0.248.